The van der Waals surface area contributed by atoms with Crippen LogP contribution in [0, 0.1) is 6.92 Å². The highest BCUT2D eigenvalue weighted by molar-refractivity contribution is 5.31. The zero-order chi connectivity index (χ0) is 15.2. The molecular weight excluding hydrogens is 264 g/mol. The lowest BCUT2D eigenvalue weighted by atomic mass is 10.1. The molecule has 0 radical (unpaired) electrons. The number of piperidine rings is 1. The van der Waals surface area contributed by atoms with Crippen molar-refractivity contribution in [3.05, 3.63) is 11.9 Å². The normalized spacial score (nSPS) is 19.4. The number of nitrogens with zero attached hydrogens (tertiary/aromatic N) is 3. The Labute approximate surface area is 128 Å². The summed E-state index contributed by atoms with van der Waals surface area (Å²) in [5, 5.41) is 3.57. The van der Waals surface area contributed by atoms with Crippen molar-refractivity contribution < 1.29 is 4.74 Å². The van der Waals surface area contributed by atoms with Gasteiger partial charge in [-0.1, -0.05) is 6.42 Å². The summed E-state index contributed by atoms with van der Waals surface area (Å²) in [4.78, 5) is 7.18. The van der Waals surface area contributed by atoms with Crippen molar-refractivity contribution in [1.82, 2.24) is 14.5 Å². The number of aryl methyl sites for hydroxylation is 1. The molecule has 21 heavy (non-hydrogen) atoms. The van der Waals surface area contributed by atoms with E-state index in [9.17, 15) is 0 Å². The summed E-state index contributed by atoms with van der Waals surface area (Å²) in [5.41, 5.74) is 1.05. The Kier molecular flexibility index (Phi) is 6.06. The van der Waals surface area contributed by atoms with Crippen molar-refractivity contribution in [2.45, 2.75) is 52.1 Å². The van der Waals surface area contributed by atoms with Crippen molar-refractivity contribution in [2.75, 3.05) is 38.7 Å². The largest absolute Gasteiger partial charge is 0.383 e. The quantitative estimate of drug-likeness (QED) is 0.839. The summed E-state index contributed by atoms with van der Waals surface area (Å²) in [6, 6.07) is 0.694. The van der Waals surface area contributed by atoms with E-state index >= 15 is 0 Å². The number of hydrogen-bond acceptors (Lipinski definition) is 4. The van der Waals surface area contributed by atoms with E-state index in [1.165, 1.54) is 32.4 Å². The van der Waals surface area contributed by atoms with E-state index < -0.39 is 0 Å². The Morgan fingerprint density at radius 1 is 1.29 bits per heavy atom. The molecule has 1 aromatic heterocycles. The maximum atomic E-state index is 5.26. The second kappa shape index (κ2) is 7.80. The molecule has 0 bridgehead atoms. The van der Waals surface area contributed by atoms with Crippen LogP contribution in [0.15, 0.2) is 6.20 Å². The van der Waals surface area contributed by atoms with Crippen LogP contribution >= 0.6 is 0 Å². The van der Waals surface area contributed by atoms with E-state index in [4.69, 9.17) is 4.74 Å². The minimum atomic E-state index is 0.292. The van der Waals surface area contributed by atoms with Crippen LogP contribution in [0.5, 0.6) is 0 Å². The lowest BCUT2D eigenvalue weighted by molar-refractivity contribution is 0.162. The van der Waals surface area contributed by atoms with Gasteiger partial charge in [-0.05, 0) is 46.7 Å². The second-order valence-corrected chi connectivity index (χ2v) is 6.32. The van der Waals surface area contributed by atoms with Gasteiger partial charge >= 0.3 is 0 Å². The maximum absolute atomic E-state index is 5.26. The Bertz CT molecular complexity index is 426. The van der Waals surface area contributed by atoms with Crippen molar-refractivity contribution in [3.63, 3.8) is 0 Å². The van der Waals surface area contributed by atoms with E-state index in [0.29, 0.717) is 18.7 Å². The average Bonchev–Trinajstić information content (AvgIpc) is 2.81. The fourth-order valence-electron chi connectivity index (χ4n) is 3.08. The molecule has 5 nitrogen and oxygen atoms in total. The second-order valence-electron chi connectivity index (χ2n) is 6.32. The number of imidazole rings is 1. The molecule has 2 unspecified atom stereocenters. The van der Waals surface area contributed by atoms with Crippen LogP contribution in [0.25, 0.3) is 0 Å². The van der Waals surface area contributed by atoms with Crippen LogP contribution in [0.3, 0.4) is 0 Å². The van der Waals surface area contributed by atoms with Gasteiger partial charge in [0.25, 0.3) is 0 Å². The predicted octanol–water partition coefficient (Wildman–Crippen LogP) is 2.69. The van der Waals surface area contributed by atoms with Gasteiger partial charge in [-0.3, -0.25) is 0 Å². The number of rotatable bonds is 7. The van der Waals surface area contributed by atoms with Crippen LogP contribution in [-0.4, -0.2) is 53.8 Å². The van der Waals surface area contributed by atoms with Gasteiger partial charge < -0.3 is 19.5 Å². The summed E-state index contributed by atoms with van der Waals surface area (Å²) in [6.45, 7) is 10.7. The molecule has 0 amide bonds. The van der Waals surface area contributed by atoms with Crippen LogP contribution in [0.1, 0.15) is 44.8 Å². The highest BCUT2D eigenvalue weighted by Gasteiger charge is 2.17. The third-order valence-corrected chi connectivity index (χ3v) is 4.09. The highest BCUT2D eigenvalue weighted by Crippen LogP contribution is 2.17. The average molecular weight is 294 g/mol. The molecule has 5 heteroatoms. The Balaban J connectivity index is 1.94. The number of anilines is 1. The summed E-state index contributed by atoms with van der Waals surface area (Å²) in [5.74, 6) is 0.960. The summed E-state index contributed by atoms with van der Waals surface area (Å²) < 4.78 is 7.45. The summed E-state index contributed by atoms with van der Waals surface area (Å²) in [6.07, 6.45) is 6.16. The van der Waals surface area contributed by atoms with E-state index in [2.05, 4.69) is 39.8 Å². The molecule has 1 saturated heterocycles. The minimum Gasteiger partial charge on any atom is -0.383 e. The van der Waals surface area contributed by atoms with Gasteiger partial charge in [0.15, 0.2) is 0 Å². The molecule has 2 heterocycles. The van der Waals surface area contributed by atoms with Gasteiger partial charge in [0.05, 0.1) is 18.3 Å². The van der Waals surface area contributed by atoms with Gasteiger partial charge in [-0.2, -0.15) is 0 Å². The van der Waals surface area contributed by atoms with Gasteiger partial charge in [0.2, 0.25) is 5.95 Å². The Morgan fingerprint density at radius 2 is 2.00 bits per heavy atom. The van der Waals surface area contributed by atoms with Gasteiger partial charge in [0.1, 0.15) is 0 Å². The number of ether oxygens (including phenoxy) is 1. The minimum absolute atomic E-state index is 0.292. The highest BCUT2D eigenvalue weighted by atomic mass is 16.5. The smallest absolute Gasteiger partial charge is 0.203 e. The number of nitrogens with one attached hydrogen (secondary N) is 1. The van der Waals surface area contributed by atoms with Crippen LogP contribution in [0.2, 0.25) is 0 Å². The van der Waals surface area contributed by atoms with E-state index in [1.54, 1.807) is 7.11 Å². The molecule has 0 spiro atoms. The molecule has 2 rings (SSSR count). The van der Waals surface area contributed by atoms with E-state index in [-0.39, 0.29) is 0 Å². The summed E-state index contributed by atoms with van der Waals surface area (Å²) >= 11 is 0. The van der Waals surface area contributed by atoms with Gasteiger partial charge in [-0.15, -0.1) is 0 Å². The zero-order valence-electron chi connectivity index (χ0n) is 13.9. The Morgan fingerprint density at radius 3 is 2.67 bits per heavy atom. The van der Waals surface area contributed by atoms with Crippen molar-refractivity contribution in [1.29, 1.82) is 0 Å². The number of aromatic nitrogens is 2. The monoisotopic (exact) mass is 294 g/mol. The molecule has 1 aromatic rings. The van der Waals surface area contributed by atoms with Crippen LogP contribution in [0.4, 0.5) is 5.95 Å². The molecule has 1 fully saturated rings. The third-order valence-electron chi connectivity index (χ3n) is 4.09. The number of hydrogen-bond donors (Lipinski definition) is 1. The van der Waals surface area contributed by atoms with Crippen molar-refractivity contribution in [3.8, 4) is 0 Å². The molecule has 0 saturated carbocycles. The third kappa shape index (κ3) is 4.71. The molecule has 0 aromatic carbocycles. The zero-order valence-corrected chi connectivity index (χ0v) is 13.9. The van der Waals surface area contributed by atoms with Crippen LogP contribution in [-0.2, 0) is 4.74 Å². The molecule has 1 aliphatic rings. The number of methoxy groups -OCH3 is 1. The first-order valence-electron chi connectivity index (χ1n) is 8.13. The molecule has 120 valence electrons. The fourth-order valence-corrected chi connectivity index (χ4v) is 3.08. The molecule has 1 aliphatic heterocycles. The molecule has 0 aliphatic carbocycles. The molecular formula is C16H30N4O. The predicted molar refractivity (Wildman–Crippen MR) is 86.9 cm³/mol. The first-order chi connectivity index (χ1) is 10.1. The SMILES string of the molecule is COCC(C)n1cc(C)nc1NC(C)CN1CCCCC1. The maximum Gasteiger partial charge on any atom is 0.203 e. The topological polar surface area (TPSA) is 42.3 Å². The standard InChI is InChI=1S/C16H30N4O/c1-13(10-19-8-6-5-7-9-19)17-16-18-14(2)11-20(16)15(3)12-21-4/h11,13,15H,5-10,12H2,1-4H3,(H,17,18). The fraction of sp³-hybridized carbons (Fsp3) is 0.812. The lowest BCUT2D eigenvalue weighted by Crippen LogP contribution is -2.38. The molecule has 2 atom stereocenters. The lowest BCUT2D eigenvalue weighted by Gasteiger charge is -2.29. The number of likely N-dealkylation sites (tertiary alicyclic amines) is 1. The Hall–Kier alpha value is -1.07. The van der Waals surface area contributed by atoms with Gasteiger partial charge in [-0.25, -0.2) is 4.98 Å². The first kappa shape index (κ1) is 16.3. The first-order valence-corrected chi connectivity index (χ1v) is 8.13. The molecule has 1 N–H and O–H groups in total. The van der Waals surface area contributed by atoms with Crippen molar-refractivity contribution >= 4 is 5.95 Å². The van der Waals surface area contributed by atoms with Crippen LogP contribution < -0.4 is 5.32 Å². The summed E-state index contributed by atoms with van der Waals surface area (Å²) in [7, 11) is 1.74. The van der Waals surface area contributed by atoms with Gasteiger partial charge in [0, 0.05) is 25.9 Å². The van der Waals surface area contributed by atoms with E-state index in [1.807, 2.05) is 6.92 Å². The van der Waals surface area contributed by atoms with E-state index in [0.717, 1.165) is 18.2 Å². The van der Waals surface area contributed by atoms with Crippen molar-refractivity contribution in [2.24, 2.45) is 0 Å².